The average molecular weight is 275 g/mol. The summed E-state index contributed by atoms with van der Waals surface area (Å²) in [4.78, 5) is 22.2. The summed E-state index contributed by atoms with van der Waals surface area (Å²) in [5.74, 6) is -2.51. The third-order valence-corrected chi connectivity index (χ3v) is 3.16. The highest BCUT2D eigenvalue weighted by Crippen LogP contribution is 2.39. The summed E-state index contributed by atoms with van der Waals surface area (Å²) in [6.45, 7) is 0. The van der Waals surface area contributed by atoms with Crippen LogP contribution in [0.5, 0.6) is 0 Å². The highest BCUT2D eigenvalue weighted by Gasteiger charge is 2.41. The van der Waals surface area contributed by atoms with Crippen molar-refractivity contribution in [2.45, 2.75) is 12.5 Å². The number of cyclic esters (lactones) is 1. The first kappa shape index (κ1) is 12.2. The predicted molar refractivity (Wildman–Crippen MR) is 61.0 cm³/mol. The number of hydrogen-bond donors (Lipinski definition) is 1. The maximum atomic E-state index is 11.2. The molecule has 0 bridgehead atoms. The molecule has 1 saturated heterocycles. The second-order valence-corrected chi connectivity index (χ2v) is 4.57. The molecule has 4 nitrogen and oxygen atoms in total. The van der Waals surface area contributed by atoms with Crippen LogP contribution in [-0.2, 0) is 14.3 Å². The van der Waals surface area contributed by atoms with Gasteiger partial charge in [0.2, 0.25) is 0 Å². The fourth-order valence-electron chi connectivity index (χ4n) is 1.79. The smallest absolute Gasteiger partial charge is 0.311 e. The number of carboxylic acid groups (broad SMARTS) is 1. The molecular weight excluding hydrogens is 267 g/mol. The molecule has 0 radical (unpaired) electrons. The van der Waals surface area contributed by atoms with Gasteiger partial charge in [0.25, 0.3) is 0 Å². The standard InChI is InChI=1S/C11H8Cl2O4/c12-5-1-2-6(8(13)3-5)10-7(11(15)16)4-9(14)17-10/h1-3,7,10H,4H2,(H,15,16)/t7-,10-/m1/s1. The molecule has 0 spiro atoms. The van der Waals surface area contributed by atoms with Gasteiger partial charge in [-0.25, -0.2) is 0 Å². The zero-order valence-electron chi connectivity index (χ0n) is 8.52. The Morgan fingerprint density at radius 1 is 1.41 bits per heavy atom. The van der Waals surface area contributed by atoms with Crippen LogP contribution in [0.15, 0.2) is 18.2 Å². The van der Waals surface area contributed by atoms with E-state index in [1.165, 1.54) is 6.07 Å². The molecule has 1 heterocycles. The Labute approximate surface area is 107 Å². The highest BCUT2D eigenvalue weighted by molar-refractivity contribution is 6.35. The topological polar surface area (TPSA) is 63.6 Å². The number of carboxylic acids is 1. The van der Waals surface area contributed by atoms with Gasteiger partial charge in [-0.3, -0.25) is 9.59 Å². The summed E-state index contributed by atoms with van der Waals surface area (Å²) >= 11 is 11.7. The van der Waals surface area contributed by atoms with Crippen molar-refractivity contribution in [3.63, 3.8) is 0 Å². The molecule has 2 rings (SSSR count). The summed E-state index contributed by atoms with van der Waals surface area (Å²) in [5.41, 5.74) is 0.467. The number of halogens is 2. The molecule has 2 atom stereocenters. The van der Waals surface area contributed by atoms with E-state index in [4.69, 9.17) is 33.0 Å². The molecule has 0 aromatic heterocycles. The molecule has 0 unspecified atom stereocenters. The van der Waals surface area contributed by atoms with Crippen LogP contribution in [0.4, 0.5) is 0 Å². The summed E-state index contributed by atoms with van der Waals surface area (Å²) in [6, 6.07) is 4.64. The number of carbonyl (C=O) groups excluding carboxylic acids is 1. The van der Waals surface area contributed by atoms with Crippen molar-refractivity contribution in [1.29, 1.82) is 0 Å². The molecule has 1 N–H and O–H groups in total. The molecule has 1 fully saturated rings. The van der Waals surface area contributed by atoms with Crippen LogP contribution in [0.25, 0.3) is 0 Å². The van der Waals surface area contributed by atoms with Crippen LogP contribution in [0.1, 0.15) is 18.1 Å². The minimum atomic E-state index is -1.08. The van der Waals surface area contributed by atoms with Gasteiger partial charge in [-0.15, -0.1) is 0 Å². The summed E-state index contributed by atoms with van der Waals surface area (Å²) in [5, 5.41) is 9.74. The van der Waals surface area contributed by atoms with Crippen molar-refractivity contribution in [3.8, 4) is 0 Å². The van der Waals surface area contributed by atoms with E-state index in [1.807, 2.05) is 0 Å². The van der Waals surface area contributed by atoms with Crippen molar-refractivity contribution in [2.75, 3.05) is 0 Å². The maximum Gasteiger partial charge on any atom is 0.311 e. The van der Waals surface area contributed by atoms with E-state index in [9.17, 15) is 9.59 Å². The van der Waals surface area contributed by atoms with Crippen LogP contribution in [-0.4, -0.2) is 17.0 Å². The Kier molecular flexibility index (Phi) is 3.26. The monoisotopic (exact) mass is 274 g/mol. The van der Waals surface area contributed by atoms with E-state index in [0.29, 0.717) is 15.6 Å². The molecule has 17 heavy (non-hydrogen) atoms. The Balaban J connectivity index is 2.38. The normalized spacial score (nSPS) is 23.5. The van der Waals surface area contributed by atoms with Crippen molar-refractivity contribution in [2.24, 2.45) is 5.92 Å². The Morgan fingerprint density at radius 2 is 2.12 bits per heavy atom. The van der Waals surface area contributed by atoms with E-state index in [-0.39, 0.29) is 6.42 Å². The van der Waals surface area contributed by atoms with Crippen molar-refractivity contribution in [3.05, 3.63) is 33.8 Å². The lowest BCUT2D eigenvalue weighted by Gasteiger charge is -2.15. The van der Waals surface area contributed by atoms with Gasteiger partial charge in [-0.2, -0.15) is 0 Å². The number of rotatable bonds is 2. The molecular formula is C11H8Cl2O4. The number of esters is 1. The number of hydrogen-bond acceptors (Lipinski definition) is 3. The quantitative estimate of drug-likeness (QED) is 0.843. The van der Waals surface area contributed by atoms with Gasteiger partial charge < -0.3 is 9.84 Å². The first-order valence-corrected chi connectivity index (χ1v) is 5.62. The fourth-order valence-corrected chi connectivity index (χ4v) is 2.30. The van der Waals surface area contributed by atoms with Crippen molar-refractivity contribution < 1.29 is 19.4 Å². The molecule has 6 heteroatoms. The van der Waals surface area contributed by atoms with Gasteiger partial charge in [0, 0.05) is 15.6 Å². The summed E-state index contributed by atoms with van der Waals surface area (Å²) in [7, 11) is 0. The van der Waals surface area contributed by atoms with E-state index in [1.54, 1.807) is 12.1 Å². The number of benzene rings is 1. The van der Waals surface area contributed by atoms with Gasteiger partial charge >= 0.3 is 11.9 Å². The molecule has 90 valence electrons. The minimum Gasteiger partial charge on any atom is -0.481 e. The van der Waals surface area contributed by atoms with Gasteiger partial charge in [-0.1, -0.05) is 29.3 Å². The van der Waals surface area contributed by atoms with Gasteiger partial charge in [0.15, 0.2) is 0 Å². The van der Waals surface area contributed by atoms with E-state index in [0.717, 1.165) is 0 Å². The lowest BCUT2D eigenvalue weighted by atomic mass is 9.95. The van der Waals surface area contributed by atoms with E-state index < -0.39 is 24.0 Å². The summed E-state index contributed by atoms with van der Waals surface area (Å²) in [6.07, 6.45) is -0.983. The molecule has 1 aliphatic heterocycles. The average Bonchev–Trinajstić information content (AvgIpc) is 2.60. The first-order valence-electron chi connectivity index (χ1n) is 4.86. The van der Waals surface area contributed by atoms with Crippen molar-refractivity contribution in [1.82, 2.24) is 0 Å². The van der Waals surface area contributed by atoms with Crippen LogP contribution in [0, 0.1) is 5.92 Å². The van der Waals surface area contributed by atoms with E-state index in [2.05, 4.69) is 0 Å². The second-order valence-electron chi connectivity index (χ2n) is 3.73. The molecule has 0 aliphatic carbocycles. The predicted octanol–water partition coefficient (Wildman–Crippen LogP) is 2.68. The van der Waals surface area contributed by atoms with E-state index >= 15 is 0 Å². The zero-order valence-corrected chi connectivity index (χ0v) is 10.0. The van der Waals surface area contributed by atoms with Crippen molar-refractivity contribution >= 4 is 35.1 Å². The third kappa shape index (κ3) is 2.37. The molecule has 1 aromatic rings. The Bertz CT molecular complexity index is 486. The van der Waals surface area contributed by atoms with Gasteiger partial charge in [0.1, 0.15) is 12.0 Å². The lowest BCUT2D eigenvalue weighted by molar-refractivity contribution is -0.144. The van der Waals surface area contributed by atoms with Gasteiger partial charge in [-0.05, 0) is 12.1 Å². The van der Waals surface area contributed by atoms with Crippen LogP contribution < -0.4 is 0 Å². The third-order valence-electron chi connectivity index (χ3n) is 2.60. The first-order chi connectivity index (χ1) is 7.99. The lowest BCUT2D eigenvalue weighted by Crippen LogP contribution is -2.17. The Hall–Kier alpha value is -1.26. The highest BCUT2D eigenvalue weighted by atomic mass is 35.5. The van der Waals surface area contributed by atoms with Gasteiger partial charge in [0.05, 0.1) is 6.42 Å². The Morgan fingerprint density at radius 3 is 2.71 bits per heavy atom. The molecule has 0 amide bonds. The largest absolute Gasteiger partial charge is 0.481 e. The molecule has 1 aliphatic rings. The zero-order chi connectivity index (χ0) is 12.6. The van der Waals surface area contributed by atoms with Crippen LogP contribution in [0.2, 0.25) is 10.0 Å². The van der Waals surface area contributed by atoms with Crippen LogP contribution >= 0.6 is 23.2 Å². The number of carbonyl (C=O) groups is 2. The molecule has 0 saturated carbocycles. The number of ether oxygens (including phenoxy) is 1. The fraction of sp³-hybridized carbons (Fsp3) is 0.273. The van der Waals surface area contributed by atoms with Crippen LogP contribution in [0.3, 0.4) is 0 Å². The maximum absolute atomic E-state index is 11.2. The number of aliphatic carboxylic acids is 1. The second kappa shape index (κ2) is 4.55. The summed E-state index contributed by atoms with van der Waals surface area (Å²) < 4.78 is 4.99. The SMILES string of the molecule is O=C1C[C@@H](C(=O)O)[C@@H](c2ccc(Cl)cc2Cl)O1. The molecule has 1 aromatic carbocycles. The minimum absolute atomic E-state index is 0.140.